The Morgan fingerprint density at radius 3 is 2.57 bits per heavy atom. The number of aromatic nitrogens is 2. The molecule has 2 aromatic carbocycles. The molecule has 0 fully saturated rings. The lowest BCUT2D eigenvalue weighted by Gasteiger charge is -2.15. The number of para-hydroxylation sites is 1. The van der Waals surface area contributed by atoms with Gasteiger partial charge >= 0.3 is 0 Å². The van der Waals surface area contributed by atoms with Crippen LogP contribution >= 0.6 is 27.5 Å². The highest BCUT2D eigenvalue weighted by Crippen LogP contribution is 2.31. The first-order valence-corrected chi connectivity index (χ1v) is 7.56. The van der Waals surface area contributed by atoms with Crippen LogP contribution in [-0.2, 0) is 0 Å². The summed E-state index contributed by atoms with van der Waals surface area (Å²) in [7, 11) is 0. The maximum absolute atomic E-state index is 10.7. The normalized spacial score (nSPS) is 12.3. The van der Waals surface area contributed by atoms with Crippen molar-refractivity contribution in [3.8, 4) is 5.69 Å². The predicted molar refractivity (Wildman–Crippen MR) is 86.8 cm³/mol. The summed E-state index contributed by atoms with van der Waals surface area (Å²) in [5.41, 5.74) is 2.35. The quantitative estimate of drug-likeness (QED) is 0.750. The second-order valence-corrected chi connectivity index (χ2v) is 5.86. The van der Waals surface area contributed by atoms with Crippen LogP contribution in [0.1, 0.15) is 17.4 Å². The molecule has 1 N–H and O–H groups in total. The summed E-state index contributed by atoms with van der Waals surface area (Å²) in [5, 5.41) is 15.6. The molecule has 3 rings (SSSR count). The standard InChI is InChI=1S/C16H12BrClN2O/c17-14-10-11(18)6-7-13(14)16(21)15-8-9-19-20(15)12-4-2-1-3-5-12/h1-10,16,21H. The molecule has 1 unspecified atom stereocenters. The van der Waals surface area contributed by atoms with E-state index in [0.717, 1.165) is 15.7 Å². The van der Waals surface area contributed by atoms with Crippen molar-refractivity contribution in [2.24, 2.45) is 0 Å². The van der Waals surface area contributed by atoms with E-state index in [1.54, 1.807) is 35.1 Å². The summed E-state index contributed by atoms with van der Waals surface area (Å²) in [6, 6.07) is 16.8. The van der Waals surface area contributed by atoms with Crippen LogP contribution in [0.4, 0.5) is 0 Å². The van der Waals surface area contributed by atoms with Gasteiger partial charge in [0, 0.05) is 21.3 Å². The fraction of sp³-hybridized carbons (Fsp3) is 0.0625. The van der Waals surface area contributed by atoms with Gasteiger partial charge in [-0.2, -0.15) is 5.10 Å². The number of aliphatic hydroxyl groups excluding tert-OH is 1. The highest BCUT2D eigenvalue weighted by molar-refractivity contribution is 9.10. The second kappa shape index (κ2) is 6.02. The van der Waals surface area contributed by atoms with Crippen molar-refractivity contribution in [3.63, 3.8) is 0 Å². The lowest BCUT2D eigenvalue weighted by Crippen LogP contribution is -2.09. The largest absolute Gasteiger partial charge is 0.382 e. The molecule has 1 aromatic heterocycles. The molecule has 0 amide bonds. The first-order chi connectivity index (χ1) is 10.2. The van der Waals surface area contributed by atoms with Gasteiger partial charge in [-0.05, 0) is 30.3 Å². The van der Waals surface area contributed by atoms with Gasteiger partial charge in [0.2, 0.25) is 0 Å². The van der Waals surface area contributed by atoms with Crippen molar-refractivity contribution in [3.05, 3.63) is 81.5 Å². The summed E-state index contributed by atoms with van der Waals surface area (Å²) in [6.07, 6.45) is 0.884. The van der Waals surface area contributed by atoms with Gasteiger partial charge in [-0.15, -0.1) is 0 Å². The number of rotatable bonds is 3. The van der Waals surface area contributed by atoms with E-state index in [0.29, 0.717) is 10.7 Å². The molecule has 1 heterocycles. The molecule has 0 saturated heterocycles. The summed E-state index contributed by atoms with van der Waals surface area (Å²) < 4.78 is 2.49. The summed E-state index contributed by atoms with van der Waals surface area (Å²) in [5.74, 6) is 0. The molecule has 0 bridgehead atoms. The molecule has 1 atom stereocenters. The molecule has 5 heteroatoms. The van der Waals surface area contributed by atoms with Gasteiger partial charge in [-0.1, -0.05) is 51.8 Å². The van der Waals surface area contributed by atoms with Crippen LogP contribution in [0.2, 0.25) is 5.02 Å². The zero-order valence-corrected chi connectivity index (χ0v) is 13.3. The fourth-order valence-corrected chi connectivity index (χ4v) is 3.09. The van der Waals surface area contributed by atoms with E-state index in [-0.39, 0.29) is 0 Å². The van der Waals surface area contributed by atoms with Gasteiger partial charge in [0.05, 0.1) is 11.4 Å². The number of nitrogens with zero attached hydrogens (tertiary/aromatic N) is 2. The fourth-order valence-electron chi connectivity index (χ4n) is 2.19. The average molecular weight is 364 g/mol. The molecule has 21 heavy (non-hydrogen) atoms. The number of benzene rings is 2. The zero-order valence-electron chi connectivity index (χ0n) is 10.9. The van der Waals surface area contributed by atoms with E-state index < -0.39 is 6.10 Å². The smallest absolute Gasteiger partial charge is 0.122 e. The van der Waals surface area contributed by atoms with Gasteiger partial charge < -0.3 is 5.11 Å². The van der Waals surface area contributed by atoms with Crippen molar-refractivity contribution in [1.29, 1.82) is 0 Å². The number of hydrogen-bond donors (Lipinski definition) is 1. The van der Waals surface area contributed by atoms with E-state index in [1.165, 1.54) is 0 Å². The van der Waals surface area contributed by atoms with Gasteiger partial charge in [-0.25, -0.2) is 4.68 Å². The Kier molecular flexibility index (Phi) is 4.10. The van der Waals surface area contributed by atoms with E-state index in [2.05, 4.69) is 21.0 Å². The second-order valence-electron chi connectivity index (χ2n) is 4.57. The van der Waals surface area contributed by atoms with Crippen LogP contribution < -0.4 is 0 Å². The summed E-state index contributed by atoms with van der Waals surface area (Å²) in [6.45, 7) is 0. The Labute approximate surface area is 135 Å². The molecule has 0 spiro atoms. The Hall–Kier alpha value is -1.62. The molecule has 0 saturated carbocycles. The van der Waals surface area contributed by atoms with Gasteiger partial charge in [0.15, 0.2) is 0 Å². The van der Waals surface area contributed by atoms with Crippen molar-refractivity contribution in [2.75, 3.05) is 0 Å². The SMILES string of the molecule is OC(c1ccc(Cl)cc1Br)c1ccnn1-c1ccccc1. The molecular weight excluding hydrogens is 352 g/mol. The van der Waals surface area contributed by atoms with Gasteiger partial charge in [0.25, 0.3) is 0 Å². The first-order valence-electron chi connectivity index (χ1n) is 6.39. The van der Waals surface area contributed by atoms with Gasteiger partial charge in [0.1, 0.15) is 6.10 Å². The zero-order chi connectivity index (χ0) is 14.8. The topological polar surface area (TPSA) is 38.1 Å². The van der Waals surface area contributed by atoms with E-state index in [1.807, 2.05) is 30.3 Å². The highest BCUT2D eigenvalue weighted by Gasteiger charge is 2.18. The molecule has 3 nitrogen and oxygen atoms in total. The van der Waals surface area contributed by atoms with Crippen LogP contribution in [0, 0.1) is 0 Å². The minimum absolute atomic E-state index is 0.620. The molecule has 0 aliphatic heterocycles. The van der Waals surface area contributed by atoms with Crippen molar-refractivity contribution < 1.29 is 5.11 Å². The summed E-state index contributed by atoms with van der Waals surface area (Å²) in [4.78, 5) is 0. The molecule has 0 aliphatic rings. The van der Waals surface area contributed by atoms with Crippen molar-refractivity contribution >= 4 is 27.5 Å². The van der Waals surface area contributed by atoms with E-state index in [4.69, 9.17) is 11.6 Å². The summed E-state index contributed by atoms with van der Waals surface area (Å²) >= 11 is 9.38. The maximum atomic E-state index is 10.7. The number of hydrogen-bond acceptors (Lipinski definition) is 2. The maximum Gasteiger partial charge on any atom is 0.122 e. The predicted octanol–water partition coefficient (Wildman–Crippen LogP) is 4.37. The lowest BCUT2D eigenvalue weighted by molar-refractivity contribution is 0.211. The average Bonchev–Trinajstić information content (AvgIpc) is 2.97. The first kappa shape index (κ1) is 14.3. The Morgan fingerprint density at radius 1 is 1.10 bits per heavy atom. The Balaban J connectivity index is 2.03. The number of halogens is 2. The van der Waals surface area contributed by atoms with E-state index in [9.17, 15) is 5.11 Å². The van der Waals surface area contributed by atoms with Crippen molar-refractivity contribution in [2.45, 2.75) is 6.10 Å². The number of aliphatic hydroxyl groups is 1. The van der Waals surface area contributed by atoms with Crippen LogP contribution in [0.25, 0.3) is 5.69 Å². The van der Waals surface area contributed by atoms with Gasteiger partial charge in [-0.3, -0.25) is 0 Å². The third-order valence-corrected chi connectivity index (χ3v) is 4.13. The van der Waals surface area contributed by atoms with Crippen LogP contribution in [-0.4, -0.2) is 14.9 Å². The van der Waals surface area contributed by atoms with Crippen LogP contribution in [0.5, 0.6) is 0 Å². The third kappa shape index (κ3) is 2.88. The van der Waals surface area contributed by atoms with Crippen LogP contribution in [0.15, 0.2) is 65.3 Å². The lowest BCUT2D eigenvalue weighted by atomic mass is 10.1. The molecule has 0 aliphatic carbocycles. The molecule has 0 radical (unpaired) electrons. The molecule has 3 aromatic rings. The molecule has 106 valence electrons. The molecular formula is C16H12BrClN2O. The Morgan fingerprint density at radius 2 is 1.86 bits per heavy atom. The van der Waals surface area contributed by atoms with Crippen molar-refractivity contribution in [1.82, 2.24) is 9.78 Å². The monoisotopic (exact) mass is 362 g/mol. The third-order valence-electron chi connectivity index (χ3n) is 3.21. The Bertz CT molecular complexity index is 758. The van der Waals surface area contributed by atoms with E-state index >= 15 is 0 Å². The van der Waals surface area contributed by atoms with Crippen LogP contribution in [0.3, 0.4) is 0 Å². The minimum Gasteiger partial charge on any atom is -0.382 e. The minimum atomic E-state index is -0.792. The highest BCUT2D eigenvalue weighted by atomic mass is 79.9.